The number of amides is 3. The standard InChI is InChI=1S/C18H25N3O2/c22-16(21-12-4-5-13-21)8-11-19-17(23)20-14-18(9-10-18)15-6-2-1-3-7-15/h1-3,6-7H,4-5,8-14H2,(H2,19,20,23). The number of nitrogens with zero attached hydrogens (tertiary/aromatic N) is 1. The number of carbonyl (C=O) groups excluding carboxylic acids is 2. The fraction of sp³-hybridized carbons (Fsp3) is 0.556. The molecule has 1 aliphatic heterocycles. The average molecular weight is 315 g/mol. The van der Waals surface area contributed by atoms with Crippen molar-refractivity contribution in [1.82, 2.24) is 15.5 Å². The molecule has 1 aliphatic carbocycles. The highest BCUT2D eigenvalue weighted by molar-refractivity contribution is 5.78. The summed E-state index contributed by atoms with van der Waals surface area (Å²) in [5, 5.41) is 5.74. The Morgan fingerprint density at radius 1 is 1.04 bits per heavy atom. The molecule has 0 bridgehead atoms. The molecular weight excluding hydrogens is 290 g/mol. The van der Waals surface area contributed by atoms with E-state index in [-0.39, 0.29) is 17.4 Å². The maximum atomic E-state index is 11.9. The number of nitrogens with one attached hydrogen (secondary N) is 2. The fourth-order valence-electron chi connectivity index (χ4n) is 3.23. The molecule has 2 aliphatic rings. The summed E-state index contributed by atoms with van der Waals surface area (Å²) in [4.78, 5) is 25.7. The van der Waals surface area contributed by atoms with Crippen LogP contribution in [0, 0.1) is 0 Å². The van der Waals surface area contributed by atoms with Gasteiger partial charge in [-0.25, -0.2) is 4.79 Å². The predicted molar refractivity (Wildman–Crippen MR) is 89.2 cm³/mol. The normalized spacial score (nSPS) is 18.5. The molecule has 5 heteroatoms. The zero-order valence-corrected chi connectivity index (χ0v) is 13.5. The average Bonchev–Trinajstić information content (AvgIpc) is 3.17. The van der Waals surface area contributed by atoms with Gasteiger partial charge >= 0.3 is 6.03 Å². The number of rotatable bonds is 6. The molecule has 3 rings (SSSR count). The summed E-state index contributed by atoms with van der Waals surface area (Å²) in [6.07, 6.45) is 4.81. The Morgan fingerprint density at radius 2 is 1.74 bits per heavy atom. The molecule has 3 amide bonds. The quantitative estimate of drug-likeness (QED) is 0.844. The maximum absolute atomic E-state index is 11.9. The van der Waals surface area contributed by atoms with Crippen LogP contribution < -0.4 is 10.6 Å². The molecule has 1 saturated heterocycles. The van der Waals surface area contributed by atoms with E-state index in [1.807, 2.05) is 23.1 Å². The Bertz CT molecular complexity index is 549. The van der Waals surface area contributed by atoms with Crippen molar-refractivity contribution in [3.8, 4) is 0 Å². The van der Waals surface area contributed by atoms with Crippen molar-refractivity contribution in [2.45, 2.75) is 37.5 Å². The summed E-state index contributed by atoms with van der Waals surface area (Å²) in [5.74, 6) is 0.144. The van der Waals surface area contributed by atoms with E-state index in [0.717, 1.165) is 38.8 Å². The summed E-state index contributed by atoms with van der Waals surface area (Å²) >= 11 is 0. The number of urea groups is 1. The minimum Gasteiger partial charge on any atom is -0.343 e. The Balaban J connectivity index is 1.36. The van der Waals surface area contributed by atoms with Gasteiger partial charge in [0, 0.05) is 38.0 Å². The summed E-state index contributed by atoms with van der Waals surface area (Å²) < 4.78 is 0. The number of hydrogen-bond acceptors (Lipinski definition) is 2. The summed E-state index contributed by atoms with van der Waals surface area (Å²) in [7, 11) is 0. The van der Waals surface area contributed by atoms with E-state index in [0.29, 0.717) is 19.5 Å². The van der Waals surface area contributed by atoms with Gasteiger partial charge in [0.25, 0.3) is 0 Å². The van der Waals surface area contributed by atoms with Crippen LogP contribution >= 0.6 is 0 Å². The van der Waals surface area contributed by atoms with Crippen LogP contribution in [0.4, 0.5) is 4.79 Å². The van der Waals surface area contributed by atoms with Gasteiger partial charge in [0.1, 0.15) is 0 Å². The van der Waals surface area contributed by atoms with E-state index >= 15 is 0 Å². The first-order valence-corrected chi connectivity index (χ1v) is 8.55. The largest absolute Gasteiger partial charge is 0.343 e. The molecule has 2 fully saturated rings. The summed E-state index contributed by atoms with van der Waals surface area (Å²) in [6.45, 7) is 2.79. The van der Waals surface area contributed by atoms with Crippen molar-refractivity contribution in [2.75, 3.05) is 26.2 Å². The third kappa shape index (κ3) is 4.03. The number of benzene rings is 1. The van der Waals surface area contributed by atoms with E-state index < -0.39 is 0 Å². The second-order valence-corrected chi connectivity index (χ2v) is 6.59. The van der Waals surface area contributed by atoms with Crippen molar-refractivity contribution in [1.29, 1.82) is 0 Å². The van der Waals surface area contributed by atoms with Gasteiger partial charge in [0.15, 0.2) is 0 Å². The first kappa shape index (κ1) is 15.8. The minimum atomic E-state index is -0.179. The number of hydrogen-bond donors (Lipinski definition) is 2. The lowest BCUT2D eigenvalue weighted by molar-refractivity contribution is -0.129. The van der Waals surface area contributed by atoms with Crippen molar-refractivity contribution < 1.29 is 9.59 Å². The predicted octanol–water partition coefficient (Wildman–Crippen LogP) is 2.03. The van der Waals surface area contributed by atoms with Crippen LogP contribution in [0.15, 0.2) is 30.3 Å². The molecule has 0 spiro atoms. The zero-order chi connectivity index (χ0) is 16.1. The van der Waals surface area contributed by atoms with Gasteiger partial charge in [0.05, 0.1) is 0 Å². The van der Waals surface area contributed by atoms with Gasteiger partial charge in [-0.1, -0.05) is 30.3 Å². The van der Waals surface area contributed by atoms with Crippen LogP contribution in [0.3, 0.4) is 0 Å². The maximum Gasteiger partial charge on any atom is 0.314 e. The van der Waals surface area contributed by atoms with E-state index in [9.17, 15) is 9.59 Å². The van der Waals surface area contributed by atoms with Crippen LogP contribution in [-0.4, -0.2) is 43.0 Å². The molecule has 1 aromatic rings. The lowest BCUT2D eigenvalue weighted by Gasteiger charge is -2.17. The Kier molecular flexibility index (Phi) is 4.84. The van der Waals surface area contributed by atoms with Gasteiger partial charge in [0.2, 0.25) is 5.91 Å². The number of carbonyl (C=O) groups is 2. The van der Waals surface area contributed by atoms with Crippen molar-refractivity contribution in [3.63, 3.8) is 0 Å². The second kappa shape index (κ2) is 7.02. The monoisotopic (exact) mass is 315 g/mol. The molecule has 1 heterocycles. The van der Waals surface area contributed by atoms with E-state index in [2.05, 4.69) is 22.8 Å². The van der Waals surface area contributed by atoms with E-state index in [1.165, 1.54) is 5.56 Å². The lowest BCUT2D eigenvalue weighted by Crippen LogP contribution is -2.41. The van der Waals surface area contributed by atoms with E-state index in [1.54, 1.807) is 0 Å². The van der Waals surface area contributed by atoms with Crippen LogP contribution in [0.5, 0.6) is 0 Å². The SMILES string of the molecule is O=C(NCCC(=O)N1CCCC1)NCC1(c2ccccc2)CC1. The van der Waals surface area contributed by atoms with Gasteiger partial charge in [-0.15, -0.1) is 0 Å². The van der Waals surface area contributed by atoms with Crippen molar-refractivity contribution in [3.05, 3.63) is 35.9 Å². The molecule has 0 aromatic heterocycles. The van der Waals surface area contributed by atoms with Gasteiger partial charge < -0.3 is 15.5 Å². The molecular formula is C18H25N3O2. The Labute approximate surface area is 137 Å². The third-order valence-electron chi connectivity index (χ3n) is 4.91. The van der Waals surface area contributed by atoms with Crippen molar-refractivity contribution >= 4 is 11.9 Å². The number of likely N-dealkylation sites (tertiary alicyclic amines) is 1. The third-order valence-corrected chi connectivity index (χ3v) is 4.91. The molecule has 0 atom stereocenters. The highest BCUT2D eigenvalue weighted by Crippen LogP contribution is 2.47. The molecule has 5 nitrogen and oxygen atoms in total. The van der Waals surface area contributed by atoms with Crippen LogP contribution in [-0.2, 0) is 10.2 Å². The Morgan fingerprint density at radius 3 is 2.39 bits per heavy atom. The molecule has 0 radical (unpaired) electrons. The highest BCUT2D eigenvalue weighted by Gasteiger charge is 2.44. The Hall–Kier alpha value is -2.04. The van der Waals surface area contributed by atoms with Crippen LogP contribution in [0.1, 0.15) is 37.7 Å². The highest BCUT2D eigenvalue weighted by atomic mass is 16.2. The van der Waals surface area contributed by atoms with E-state index in [4.69, 9.17) is 0 Å². The van der Waals surface area contributed by atoms with Gasteiger partial charge in [-0.3, -0.25) is 4.79 Å². The summed E-state index contributed by atoms with van der Waals surface area (Å²) in [5.41, 5.74) is 1.41. The molecule has 2 N–H and O–H groups in total. The smallest absolute Gasteiger partial charge is 0.314 e. The lowest BCUT2D eigenvalue weighted by atomic mass is 9.96. The second-order valence-electron chi connectivity index (χ2n) is 6.59. The molecule has 1 saturated carbocycles. The first-order chi connectivity index (χ1) is 11.2. The van der Waals surface area contributed by atoms with Crippen LogP contribution in [0.2, 0.25) is 0 Å². The van der Waals surface area contributed by atoms with Crippen LogP contribution in [0.25, 0.3) is 0 Å². The topological polar surface area (TPSA) is 61.4 Å². The molecule has 1 aromatic carbocycles. The minimum absolute atomic E-state index is 0.115. The van der Waals surface area contributed by atoms with Gasteiger partial charge in [-0.05, 0) is 31.2 Å². The fourth-order valence-corrected chi connectivity index (χ4v) is 3.23. The zero-order valence-electron chi connectivity index (χ0n) is 13.5. The van der Waals surface area contributed by atoms with Crippen molar-refractivity contribution in [2.24, 2.45) is 0 Å². The molecule has 23 heavy (non-hydrogen) atoms. The molecule has 0 unspecified atom stereocenters. The summed E-state index contributed by atoms with van der Waals surface area (Å²) in [6, 6.07) is 10.2. The van der Waals surface area contributed by atoms with Gasteiger partial charge in [-0.2, -0.15) is 0 Å². The first-order valence-electron chi connectivity index (χ1n) is 8.55. The molecule has 124 valence electrons.